The number of aryl methyl sites for hydroxylation is 1. The Morgan fingerprint density at radius 1 is 1.27 bits per heavy atom. The van der Waals surface area contributed by atoms with Crippen LogP contribution in [0, 0.1) is 0 Å². The molecule has 1 atom stereocenters. The Kier molecular flexibility index (Phi) is 3.31. The van der Waals surface area contributed by atoms with Crippen molar-refractivity contribution in [1.82, 2.24) is 24.8 Å². The number of benzene rings is 1. The van der Waals surface area contributed by atoms with Gasteiger partial charge in [0.2, 0.25) is 5.78 Å². The van der Waals surface area contributed by atoms with Gasteiger partial charge < -0.3 is 9.84 Å². The lowest BCUT2D eigenvalue weighted by Crippen LogP contribution is -2.28. The molecular formula is C19H15N5O2. The third kappa shape index (κ3) is 2.36. The molecule has 1 aliphatic carbocycles. The molecule has 0 bridgehead atoms. The van der Waals surface area contributed by atoms with Crippen molar-refractivity contribution in [2.45, 2.75) is 18.9 Å². The molecule has 5 rings (SSSR count). The number of hydrogen-bond acceptors (Lipinski definition) is 5. The molecule has 1 amide bonds. The smallest absolute Gasteiger partial charge is 0.270 e. The van der Waals surface area contributed by atoms with Crippen LogP contribution in [0.2, 0.25) is 0 Å². The summed E-state index contributed by atoms with van der Waals surface area (Å²) in [6.45, 7) is 0. The molecule has 128 valence electrons. The molecule has 0 saturated carbocycles. The number of fused-ring (bicyclic) bond motifs is 2. The number of carbonyl (C=O) groups is 1. The predicted octanol–water partition coefficient (Wildman–Crippen LogP) is 2.80. The topological polar surface area (TPSA) is 85.3 Å². The van der Waals surface area contributed by atoms with E-state index in [1.807, 2.05) is 12.1 Å². The SMILES string of the molecule is O=C(N[C@@H]1CCc2cc(-c3ccon3)ccc21)c1cnc2ncccn12. The van der Waals surface area contributed by atoms with Gasteiger partial charge >= 0.3 is 0 Å². The summed E-state index contributed by atoms with van der Waals surface area (Å²) in [5.41, 5.74) is 4.71. The number of imidazole rings is 1. The summed E-state index contributed by atoms with van der Waals surface area (Å²) in [7, 11) is 0. The maximum absolute atomic E-state index is 12.7. The maximum Gasteiger partial charge on any atom is 0.270 e. The van der Waals surface area contributed by atoms with Crippen molar-refractivity contribution in [1.29, 1.82) is 0 Å². The fraction of sp³-hybridized carbons (Fsp3) is 0.158. The first-order chi connectivity index (χ1) is 12.8. The minimum Gasteiger partial charge on any atom is -0.364 e. The number of carbonyl (C=O) groups excluding carboxylic acids is 1. The van der Waals surface area contributed by atoms with Gasteiger partial charge in [-0.2, -0.15) is 0 Å². The molecule has 1 aromatic carbocycles. The van der Waals surface area contributed by atoms with Gasteiger partial charge in [0.1, 0.15) is 17.7 Å². The molecule has 0 unspecified atom stereocenters. The summed E-state index contributed by atoms with van der Waals surface area (Å²) in [4.78, 5) is 21.0. The third-order valence-electron chi connectivity index (χ3n) is 4.78. The standard InChI is InChI=1S/C19H15N5O2/c25-18(17-11-21-19-20-7-1-8-24(17)19)22-16-5-3-12-10-13(2-4-14(12)16)15-6-9-26-23-15/h1-2,4,6-11,16H,3,5H2,(H,22,25)/t16-/m1/s1. The molecule has 7 nitrogen and oxygen atoms in total. The zero-order valence-corrected chi connectivity index (χ0v) is 13.8. The summed E-state index contributed by atoms with van der Waals surface area (Å²) >= 11 is 0. The molecule has 3 heterocycles. The molecule has 0 aliphatic heterocycles. The number of rotatable bonds is 3. The van der Waals surface area contributed by atoms with Gasteiger partial charge in [-0.15, -0.1) is 0 Å². The van der Waals surface area contributed by atoms with Crippen molar-refractivity contribution >= 4 is 11.7 Å². The Bertz CT molecular complexity index is 1100. The van der Waals surface area contributed by atoms with E-state index in [1.54, 1.807) is 35.3 Å². The lowest BCUT2D eigenvalue weighted by molar-refractivity contribution is 0.0930. The van der Waals surface area contributed by atoms with Crippen LogP contribution in [0.25, 0.3) is 17.0 Å². The largest absolute Gasteiger partial charge is 0.364 e. The van der Waals surface area contributed by atoms with Gasteiger partial charge in [0, 0.05) is 24.0 Å². The van der Waals surface area contributed by atoms with E-state index in [1.165, 1.54) is 5.56 Å². The van der Waals surface area contributed by atoms with Gasteiger partial charge in [0.15, 0.2) is 0 Å². The average molecular weight is 345 g/mol. The monoisotopic (exact) mass is 345 g/mol. The van der Waals surface area contributed by atoms with Crippen LogP contribution in [0.3, 0.4) is 0 Å². The molecule has 3 aromatic heterocycles. The van der Waals surface area contributed by atoms with Crippen LogP contribution < -0.4 is 5.32 Å². The number of hydrogen-bond donors (Lipinski definition) is 1. The van der Waals surface area contributed by atoms with E-state index in [0.717, 1.165) is 29.7 Å². The molecule has 4 aromatic rings. The van der Waals surface area contributed by atoms with E-state index < -0.39 is 0 Å². The average Bonchev–Trinajstić information content (AvgIpc) is 3.41. The van der Waals surface area contributed by atoms with Gasteiger partial charge in [0.25, 0.3) is 5.91 Å². The van der Waals surface area contributed by atoms with E-state index in [0.29, 0.717) is 11.5 Å². The molecule has 0 fully saturated rings. The molecule has 0 spiro atoms. The molecule has 26 heavy (non-hydrogen) atoms. The van der Waals surface area contributed by atoms with Crippen LogP contribution in [0.5, 0.6) is 0 Å². The van der Waals surface area contributed by atoms with E-state index >= 15 is 0 Å². The predicted molar refractivity (Wildman–Crippen MR) is 93.5 cm³/mol. The number of amides is 1. The molecule has 1 aliphatic rings. The lowest BCUT2D eigenvalue weighted by atomic mass is 10.0. The Labute approximate surface area is 148 Å². The van der Waals surface area contributed by atoms with Crippen molar-refractivity contribution in [3.05, 3.63) is 72.0 Å². The van der Waals surface area contributed by atoms with Crippen molar-refractivity contribution in [2.24, 2.45) is 0 Å². The summed E-state index contributed by atoms with van der Waals surface area (Å²) in [5, 5.41) is 7.10. The number of aromatic nitrogens is 4. The van der Waals surface area contributed by atoms with Crippen LogP contribution in [0.4, 0.5) is 0 Å². The maximum atomic E-state index is 12.7. The van der Waals surface area contributed by atoms with Crippen LogP contribution in [-0.4, -0.2) is 25.4 Å². The normalized spacial score (nSPS) is 15.9. The zero-order valence-electron chi connectivity index (χ0n) is 13.8. The first-order valence-electron chi connectivity index (χ1n) is 8.42. The highest BCUT2D eigenvalue weighted by Gasteiger charge is 2.26. The van der Waals surface area contributed by atoms with Gasteiger partial charge in [-0.1, -0.05) is 17.3 Å². The van der Waals surface area contributed by atoms with Crippen LogP contribution in [0.15, 0.2) is 59.7 Å². The summed E-state index contributed by atoms with van der Waals surface area (Å²) in [6, 6.07) is 9.81. The molecular weight excluding hydrogens is 330 g/mol. The second-order valence-electron chi connectivity index (χ2n) is 6.30. The van der Waals surface area contributed by atoms with Crippen LogP contribution in [0.1, 0.15) is 34.1 Å². The highest BCUT2D eigenvalue weighted by molar-refractivity contribution is 5.93. The minimum atomic E-state index is -0.149. The fourth-order valence-corrected chi connectivity index (χ4v) is 3.52. The van der Waals surface area contributed by atoms with Crippen molar-refractivity contribution in [2.75, 3.05) is 0 Å². The highest BCUT2D eigenvalue weighted by Crippen LogP contribution is 2.34. The first-order valence-corrected chi connectivity index (χ1v) is 8.42. The Hall–Kier alpha value is -3.48. The van der Waals surface area contributed by atoms with Crippen molar-refractivity contribution in [3.63, 3.8) is 0 Å². The fourth-order valence-electron chi connectivity index (χ4n) is 3.52. The highest BCUT2D eigenvalue weighted by atomic mass is 16.5. The Morgan fingerprint density at radius 2 is 2.23 bits per heavy atom. The van der Waals surface area contributed by atoms with Crippen LogP contribution >= 0.6 is 0 Å². The Morgan fingerprint density at radius 3 is 3.12 bits per heavy atom. The molecule has 7 heteroatoms. The number of nitrogens with zero attached hydrogens (tertiary/aromatic N) is 4. The van der Waals surface area contributed by atoms with Gasteiger partial charge in [-0.3, -0.25) is 9.20 Å². The lowest BCUT2D eigenvalue weighted by Gasteiger charge is -2.14. The quantitative estimate of drug-likeness (QED) is 0.617. The summed E-state index contributed by atoms with van der Waals surface area (Å²) in [6.07, 6.45) is 8.36. The van der Waals surface area contributed by atoms with E-state index in [-0.39, 0.29) is 11.9 Å². The van der Waals surface area contributed by atoms with E-state index in [2.05, 4.69) is 32.6 Å². The second kappa shape index (κ2) is 5.80. The molecule has 0 radical (unpaired) electrons. The van der Waals surface area contributed by atoms with E-state index in [9.17, 15) is 4.79 Å². The molecule has 0 saturated heterocycles. The number of nitrogens with one attached hydrogen (secondary N) is 1. The third-order valence-corrected chi connectivity index (χ3v) is 4.78. The molecule has 1 N–H and O–H groups in total. The van der Waals surface area contributed by atoms with Crippen LogP contribution in [-0.2, 0) is 6.42 Å². The first kappa shape index (κ1) is 14.8. The summed E-state index contributed by atoms with van der Waals surface area (Å²) < 4.78 is 6.61. The van der Waals surface area contributed by atoms with Gasteiger partial charge in [-0.05, 0) is 36.1 Å². The summed E-state index contributed by atoms with van der Waals surface area (Å²) in [5.74, 6) is 0.366. The van der Waals surface area contributed by atoms with Crippen molar-refractivity contribution in [3.8, 4) is 11.3 Å². The van der Waals surface area contributed by atoms with Crippen molar-refractivity contribution < 1.29 is 9.32 Å². The second-order valence-corrected chi connectivity index (χ2v) is 6.30. The van der Waals surface area contributed by atoms with E-state index in [4.69, 9.17) is 4.52 Å². The zero-order chi connectivity index (χ0) is 17.5. The minimum absolute atomic E-state index is 0.00826. The Balaban J connectivity index is 1.41. The van der Waals surface area contributed by atoms with Gasteiger partial charge in [-0.25, -0.2) is 9.97 Å². The van der Waals surface area contributed by atoms with Gasteiger partial charge in [0.05, 0.1) is 12.2 Å².